The predicted octanol–water partition coefficient (Wildman–Crippen LogP) is 2.89. The molecule has 0 amide bonds. The zero-order valence-corrected chi connectivity index (χ0v) is 10.9. The number of hydrogen-bond donors (Lipinski definition) is 1. The van der Waals surface area contributed by atoms with E-state index in [0.29, 0.717) is 12.1 Å². The van der Waals surface area contributed by atoms with Gasteiger partial charge in [-0.2, -0.15) is 0 Å². The minimum Gasteiger partial charge on any atom is -0.480 e. The standard InChI is InChI=1S/C14H25NO2/c1-11-5-4-8-13(9-11)15(10-14(16)17)12-6-2-3-7-12/h11-13H,2-10H2,1H3,(H,16,17). The zero-order chi connectivity index (χ0) is 12.3. The van der Waals surface area contributed by atoms with Crippen LogP contribution in [0.25, 0.3) is 0 Å². The number of carboxylic acid groups (broad SMARTS) is 1. The van der Waals surface area contributed by atoms with Gasteiger partial charge in [0.15, 0.2) is 0 Å². The van der Waals surface area contributed by atoms with Crippen molar-refractivity contribution in [3.8, 4) is 0 Å². The number of aliphatic carboxylic acids is 1. The molecule has 17 heavy (non-hydrogen) atoms. The average molecular weight is 239 g/mol. The Balaban J connectivity index is 1.99. The van der Waals surface area contributed by atoms with Gasteiger partial charge in [0.1, 0.15) is 0 Å². The topological polar surface area (TPSA) is 40.5 Å². The second kappa shape index (κ2) is 5.85. The summed E-state index contributed by atoms with van der Waals surface area (Å²) >= 11 is 0. The molecule has 2 atom stereocenters. The molecule has 98 valence electrons. The molecule has 0 heterocycles. The Bertz CT molecular complexity index is 261. The molecule has 3 nitrogen and oxygen atoms in total. The fourth-order valence-corrected chi connectivity index (χ4v) is 3.65. The molecule has 2 aliphatic rings. The van der Waals surface area contributed by atoms with E-state index in [0.717, 1.165) is 5.92 Å². The summed E-state index contributed by atoms with van der Waals surface area (Å²) in [4.78, 5) is 13.4. The Morgan fingerprint density at radius 2 is 1.76 bits per heavy atom. The van der Waals surface area contributed by atoms with Crippen molar-refractivity contribution in [3.05, 3.63) is 0 Å². The minimum absolute atomic E-state index is 0.252. The number of hydrogen-bond acceptors (Lipinski definition) is 2. The summed E-state index contributed by atoms with van der Waals surface area (Å²) < 4.78 is 0. The van der Waals surface area contributed by atoms with Crippen LogP contribution in [-0.2, 0) is 4.79 Å². The maximum Gasteiger partial charge on any atom is 0.317 e. The van der Waals surface area contributed by atoms with Gasteiger partial charge in [0.05, 0.1) is 6.54 Å². The molecule has 2 unspecified atom stereocenters. The van der Waals surface area contributed by atoms with E-state index in [1.165, 1.54) is 51.4 Å². The summed E-state index contributed by atoms with van der Waals surface area (Å²) in [7, 11) is 0. The van der Waals surface area contributed by atoms with Gasteiger partial charge in [-0.15, -0.1) is 0 Å². The maximum absolute atomic E-state index is 11.0. The summed E-state index contributed by atoms with van der Waals surface area (Å²) in [5, 5.41) is 9.10. The van der Waals surface area contributed by atoms with Crippen LogP contribution in [0.3, 0.4) is 0 Å². The molecule has 2 aliphatic carbocycles. The van der Waals surface area contributed by atoms with Gasteiger partial charge in [-0.25, -0.2) is 0 Å². The fraction of sp³-hybridized carbons (Fsp3) is 0.929. The van der Waals surface area contributed by atoms with Gasteiger partial charge in [0.2, 0.25) is 0 Å². The van der Waals surface area contributed by atoms with Gasteiger partial charge in [0.25, 0.3) is 0 Å². The van der Waals surface area contributed by atoms with E-state index in [1.54, 1.807) is 0 Å². The van der Waals surface area contributed by atoms with E-state index in [2.05, 4.69) is 11.8 Å². The molecule has 0 bridgehead atoms. The van der Waals surface area contributed by atoms with Gasteiger partial charge in [-0.1, -0.05) is 32.6 Å². The monoisotopic (exact) mass is 239 g/mol. The van der Waals surface area contributed by atoms with Crippen molar-refractivity contribution >= 4 is 5.97 Å². The van der Waals surface area contributed by atoms with Crippen LogP contribution >= 0.6 is 0 Å². The summed E-state index contributed by atoms with van der Waals surface area (Å²) in [6, 6.07) is 1.07. The lowest BCUT2D eigenvalue weighted by atomic mass is 9.85. The van der Waals surface area contributed by atoms with Crippen LogP contribution in [0.15, 0.2) is 0 Å². The van der Waals surface area contributed by atoms with Crippen molar-refractivity contribution in [2.75, 3.05) is 6.54 Å². The molecule has 0 radical (unpaired) electrons. The predicted molar refractivity (Wildman–Crippen MR) is 68.0 cm³/mol. The summed E-state index contributed by atoms with van der Waals surface area (Å²) in [5.41, 5.74) is 0. The summed E-state index contributed by atoms with van der Waals surface area (Å²) in [6.45, 7) is 2.56. The number of carbonyl (C=O) groups is 1. The zero-order valence-electron chi connectivity index (χ0n) is 10.9. The maximum atomic E-state index is 11.0. The molecule has 0 aromatic carbocycles. The third kappa shape index (κ3) is 3.44. The Labute approximate surface area is 104 Å². The molecule has 0 aromatic heterocycles. The van der Waals surface area contributed by atoms with Gasteiger partial charge in [0, 0.05) is 12.1 Å². The molecule has 2 fully saturated rings. The lowest BCUT2D eigenvalue weighted by Gasteiger charge is -2.39. The highest BCUT2D eigenvalue weighted by Crippen LogP contribution is 2.32. The van der Waals surface area contributed by atoms with Crippen molar-refractivity contribution in [3.63, 3.8) is 0 Å². The molecule has 3 heteroatoms. The SMILES string of the molecule is CC1CCCC(N(CC(=O)O)C2CCCC2)C1. The Kier molecular flexibility index (Phi) is 4.43. The van der Waals surface area contributed by atoms with Gasteiger partial charge in [-0.05, 0) is 31.6 Å². The number of rotatable bonds is 4. The van der Waals surface area contributed by atoms with Crippen LogP contribution in [0, 0.1) is 5.92 Å². The van der Waals surface area contributed by atoms with Gasteiger partial charge < -0.3 is 5.11 Å². The Morgan fingerprint density at radius 3 is 2.35 bits per heavy atom. The largest absolute Gasteiger partial charge is 0.480 e. The highest BCUT2D eigenvalue weighted by Gasteiger charge is 2.32. The van der Waals surface area contributed by atoms with Crippen LogP contribution in [0.2, 0.25) is 0 Å². The normalized spacial score (nSPS) is 30.9. The van der Waals surface area contributed by atoms with E-state index in [9.17, 15) is 4.79 Å². The quantitative estimate of drug-likeness (QED) is 0.820. The lowest BCUT2D eigenvalue weighted by molar-refractivity contribution is -0.140. The molecule has 0 saturated heterocycles. The van der Waals surface area contributed by atoms with E-state index in [-0.39, 0.29) is 6.54 Å². The molecule has 0 aliphatic heterocycles. The third-order valence-electron chi connectivity index (χ3n) is 4.49. The van der Waals surface area contributed by atoms with Crippen molar-refractivity contribution < 1.29 is 9.90 Å². The summed E-state index contributed by atoms with van der Waals surface area (Å²) in [5.74, 6) is 0.113. The molecule has 2 rings (SSSR count). The van der Waals surface area contributed by atoms with Crippen molar-refractivity contribution in [2.24, 2.45) is 5.92 Å². The first-order valence-corrected chi connectivity index (χ1v) is 7.14. The minimum atomic E-state index is -0.657. The van der Waals surface area contributed by atoms with Crippen molar-refractivity contribution in [1.82, 2.24) is 4.90 Å². The average Bonchev–Trinajstić information content (AvgIpc) is 2.79. The van der Waals surface area contributed by atoms with Crippen molar-refractivity contribution in [2.45, 2.75) is 70.4 Å². The number of nitrogens with zero attached hydrogens (tertiary/aromatic N) is 1. The van der Waals surface area contributed by atoms with Crippen LogP contribution in [0.1, 0.15) is 58.3 Å². The number of carboxylic acids is 1. The van der Waals surface area contributed by atoms with Crippen LogP contribution in [0.4, 0.5) is 0 Å². The van der Waals surface area contributed by atoms with Crippen LogP contribution < -0.4 is 0 Å². The highest BCUT2D eigenvalue weighted by molar-refractivity contribution is 5.69. The Hall–Kier alpha value is -0.570. The van der Waals surface area contributed by atoms with Crippen LogP contribution in [0.5, 0.6) is 0 Å². The first-order valence-electron chi connectivity index (χ1n) is 7.14. The van der Waals surface area contributed by atoms with Crippen LogP contribution in [-0.4, -0.2) is 34.6 Å². The first-order chi connectivity index (χ1) is 8.16. The second-order valence-corrected chi connectivity index (χ2v) is 5.93. The molecule has 0 aromatic rings. The summed E-state index contributed by atoms with van der Waals surface area (Å²) in [6.07, 6.45) is 9.97. The van der Waals surface area contributed by atoms with E-state index in [4.69, 9.17) is 5.11 Å². The molecular weight excluding hydrogens is 214 g/mol. The fourth-order valence-electron chi connectivity index (χ4n) is 3.65. The molecule has 1 N–H and O–H groups in total. The smallest absolute Gasteiger partial charge is 0.317 e. The third-order valence-corrected chi connectivity index (χ3v) is 4.49. The molecule has 2 saturated carbocycles. The lowest BCUT2D eigenvalue weighted by Crippen LogP contribution is -2.46. The van der Waals surface area contributed by atoms with E-state index < -0.39 is 5.97 Å². The van der Waals surface area contributed by atoms with Gasteiger partial charge >= 0.3 is 5.97 Å². The van der Waals surface area contributed by atoms with Crippen molar-refractivity contribution in [1.29, 1.82) is 0 Å². The first kappa shape index (κ1) is 12.9. The van der Waals surface area contributed by atoms with E-state index in [1.807, 2.05) is 0 Å². The second-order valence-electron chi connectivity index (χ2n) is 5.93. The Morgan fingerprint density at radius 1 is 1.12 bits per heavy atom. The van der Waals surface area contributed by atoms with Gasteiger partial charge in [-0.3, -0.25) is 9.69 Å². The molecular formula is C14H25NO2. The van der Waals surface area contributed by atoms with E-state index >= 15 is 0 Å². The highest BCUT2D eigenvalue weighted by atomic mass is 16.4. The molecule has 0 spiro atoms.